The van der Waals surface area contributed by atoms with E-state index in [9.17, 15) is 0 Å². The van der Waals surface area contributed by atoms with Gasteiger partial charge in [0.1, 0.15) is 5.76 Å². The zero-order valence-corrected chi connectivity index (χ0v) is 20.2. The van der Waals surface area contributed by atoms with Gasteiger partial charge in [-0.25, -0.2) is 0 Å². The minimum absolute atomic E-state index is 0. The van der Waals surface area contributed by atoms with Crippen LogP contribution in [0, 0.1) is 19.3 Å². The van der Waals surface area contributed by atoms with Crippen LogP contribution in [0.3, 0.4) is 0 Å². The Kier molecular flexibility index (Phi) is 9.05. The van der Waals surface area contributed by atoms with Gasteiger partial charge >= 0.3 is 0 Å². The molecule has 0 aliphatic heterocycles. The molecule has 2 aliphatic rings. The Labute approximate surface area is 186 Å². The quantitative estimate of drug-likeness (QED) is 0.332. The second-order valence-corrected chi connectivity index (χ2v) is 7.98. The van der Waals surface area contributed by atoms with Crippen LogP contribution < -0.4 is 10.6 Å². The highest BCUT2D eigenvalue weighted by atomic mass is 127. The fraction of sp³-hybridized carbons (Fsp3) is 0.810. The van der Waals surface area contributed by atoms with Crippen molar-refractivity contribution in [2.24, 2.45) is 10.4 Å². The first-order chi connectivity index (χ1) is 13.1. The van der Waals surface area contributed by atoms with Gasteiger partial charge < -0.3 is 19.9 Å². The Morgan fingerprint density at radius 2 is 2.00 bits per heavy atom. The monoisotopic (exact) mass is 504 g/mol. The van der Waals surface area contributed by atoms with Crippen molar-refractivity contribution < 1.29 is 9.26 Å². The van der Waals surface area contributed by atoms with Gasteiger partial charge in [0.15, 0.2) is 5.96 Å². The smallest absolute Gasteiger partial charge is 0.191 e. The molecule has 2 saturated carbocycles. The van der Waals surface area contributed by atoms with Crippen LogP contribution in [0.2, 0.25) is 0 Å². The van der Waals surface area contributed by atoms with Gasteiger partial charge in [-0.3, -0.25) is 4.99 Å². The van der Waals surface area contributed by atoms with Crippen LogP contribution in [0.1, 0.15) is 69.4 Å². The Balaban J connectivity index is 0.00000280. The lowest BCUT2D eigenvalue weighted by atomic mass is 9.55. The third-order valence-corrected chi connectivity index (χ3v) is 6.41. The van der Waals surface area contributed by atoms with Crippen LogP contribution in [-0.2, 0) is 11.2 Å². The highest BCUT2D eigenvalue weighted by molar-refractivity contribution is 14.0. The highest BCUT2D eigenvalue weighted by Gasteiger charge is 2.55. The Morgan fingerprint density at radius 3 is 2.61 bits per heavy atom. The zero-order valence-electron chi connectivity index (χ0n) is 17.8. The molecular weight excluding hydrogens is 467 g/mol. The van der Waals surface area contributed by atoms with Crippen molar-refractivity contribution in [3.63, 3.8) is 0 Å². The van der Waals surface area contributed by atoms with Crippen LogP contribution in [0.15, 0.2) is 9.52 Å². The van der Waals surface area contributed by atoms with E-state index in [1.807, 2.05) is 13.8 Å². The first kappa shape index (κ1) is 23.4. The molecule has 2 N–H and O–H groups in total. The molecule has 160 valence electrons. The molecule has 0 amide bonds. The first-order valence-corrected chi connectivity index (χ1v) is 10.7. The van der Waals surface area contributed by atoms with Crippen molar-refractivity contribution in [2.45, 2.75) is 84.8 Å². The van der Waals surface area contributed by atoms with Crippen LogP contribution in [0.5, 0.6) is 0 Å². The number of rotatable bonds is 7. The number of hydrogen-bond donors (Lipinski definition) is 2. The Hall–Kier alpha value is -0.830. The summed E-state index contributed by atoms with van der Waals surface area (Å²) in [4.78, 5) is 4.83. The average Bonchev–Trinajstić information content (AvgIpc) is 3.00. The predicted molar refractivity (Wildman–Crippen MR) is 124 cm³/mol. The van der Waals surface area contributed by atoms with Gasteiger partial charge in [0, 0.05) is 36.7 Å². The highest BCUT2D eigenvalue weighted by Crippen LogP contribution is 2.53. The number of nitrogens with zero attached hydrogens (tertiary/aromatic N) is 2. The summed E-state index contributed by atoms with van der Waals surface area (Å²) in [6.07, 6.45) is 8.89. The van der Waals surface area contributed by atoms with E-state index in [0.717, 1.165) is 50.0 Å². The molecule has 0 aromatic carbocycles. The van der Waals surface area contributed by atoms with Gasteiger partial charge in [-0.05, 0) is 53.4 Å². The molecule has 1 aromatic heterocycles. The molecule has 0 saturated heterocycles. The van der Waals surface area contributed by atoms with E-state index in [4.69, 9.17) is 14.3 Å². The second-order valence-electron chi connectivity index (χ2n) is 7.98. The average molecular weight is 504 g/mol. The van der Waals surface area contributed by atoms with Gasteiger partial charge in [-0.15, -0.1) is 24.0 Å². The lowest BCUT2D eigenvalue weighted by Gasteiger charge is -2.58. The molecule has 0 radical (unpaired) electrons. The Bertz CT molecular complexity index is 621. The summed E-state index contributed by atoms with van der Waals surface area (Å²) in [7, 11) is 0. The summed E-state index contributed by atoms with van der Waals surface area (Å²) in [5, 5.41) is 11.2. The van der Waals surface area contributed by atoms with Gasteiger partial charge in [0.2, 0.25) is 0 Å². The maximum atomic E-state index is 6.08. The topological polar surface area (TPSA) is 71.7 Å². The first-order valence-electron chi connectivity index (χ1n) is 10.7. The number of halogens is 1. The van der Waals surface area contributed by atoms with Gasteiger partial charge in [0.25, 0.3) is 0 Å². The molecule has 1 aromatic rings. The molecule has 0 bridgehead atoms. The number of aliphatic imine (C=N–C) groups is 1. The van der Waals surface area contributed by atoms with E-state index in [1.54, 1.807) is 0 Å². The van der Waals surface area contributed by atoms with E-state index in [1.165, 1.54) is 37.7 Å². The molecule has 7 heteroatoms. The maximum Gasteiger partial charge on any atom is 0.191 e. The third-order valence-electron chi connectivity index (χ3n) is 6.41. The number of aryl methyl sites for hydroxylation is 2. The summed E-state index contributed by atoms with van der Waals surface area (Å²) in [6.45, 7) is 10.6. The van der Waals surface area contributed by atoms with Crippen molar-refractivity contribution in [3.8, 4) is 0 Å². The van der Waals surface area contributed by atoms with Gasteiger partial charge in [0.05, 0.1) is 11.8 Å². The molecular formula is C21H37IN4O2. The summed E-state index contributed by atoms with van der Waals surface area (Å²) in [5.41, 5.74) is 2.45. The van der Waals surface area contributed by atoms with Crippen LogP contribution >= 0.6 is 24.0 Å². The second kappa shape index (κ2) is 10.8. The molecule has 2 fully saturated rings. The van der Waals surface area contributed by atoms with Crippen molar-refractivity contribution >= 4 is 29.9 Å². The van der Waals surface area contributed by atoms with Crippen LogP contribution in [0.4, 0.5) is 0 Å². The van der Waals surface area contributed by atoms with E-state index >= 15 is 0 Å². The number of guanidine groups is 1. The van der Waals surface area contributed by atoms with E-state index in [-0.39, 0.29) is 24.0 Å². The molecule has 3 rings (SSSR count). The largest absolute Gasteiger partial charge is 0.378 e. The number of hydrogen-bond acceptors (Lipinski definition) is 4. The molecule has 1 heterocycles. The van der Waals surface area contributed by atoms with E-state index < -0.39 is 0 Å². The zero-order chi connectivity index (χ0) is 19.3. The Morgan fingerprint density at radius 1 is 1.25 bits per heavy atom. The number of aromatic nitrogens is 1. The summed E-state index contributed by atoms with van der Waals surface area (Å²) < 4.78 is 11.3. The standard InChI is InChI=1S/C21H36N4O2.HI/c1-5-22-20(23-13-10-17-15(3)25-27-16(17)4)24-18-14-19(26-6-2)21(18)11-8-7-9-12-21;/h18-19H,5-14H2,1-4H3,(H2,22,23,24);1H. The van der Waals surface area contributed by atoms with Crippen molar-refractivity contribution in [1.82, 2.24) is 15.8 Å². The minimum atomic E-state index is 0. The summed E-state index contributed by atoms with van der Waals surface area (Å²) in [6, 6.07) is 0.464. The summed E-state index contributed by atoms with van der Waals surface area (Å²) >= 11 is 0. The normalized spacial score (nSPS) is 23.8. The molecule has 1 spiro atoms. The lowest BCUT2D eigenvalue weighted by Crippen LogP contribution is -2.66. The predicted octanol–water partition coefficient (Wildman–Crippen LogP) is 4.13. The number of nitrogens with one attached hydrogen (secondary N) is 2. The molecule has 2 aliphatic carbocycles. The lowest BCUT2D eigenvalue weighted by molar-refractivity contribution is -0.145. The molecule has 2 unspecified atom stereocenters. The molecule has 6 nitrogen and oxygen atoms in total. The van der Waals surface area contributed by atoms with E-state index in [2.05, 4.69) is 29.6 Å². The minimum Gasteiger partial charge on any atom is -0.378 e. The van der Waals surface area contributed by atoms with Gasteiger partial charge in [-0.1, -0.05) is 24.4 Å². The SMILES string of the molecule is CCNC(=NCCc1c(C)noc1C)NC1CC(OCC)C12CCCCC2.I. The van der Waals surface area contributed by atoms with Crippen LogP contribution in [-0.4, -0.2) is 43.0 Å². The summed E-state index contributed by atoms with van der Waals surface area (Å²) in [5.74, 6) is 1.83. The van der Waals surface area contributed by atoms with E-state index in [0.29, 0.717) is 17.6 Å². The van der Waals surface area contributed by atoms with Crippen LogP contribution in [0.25, 0.3) is 0 Å². The van der Waals surface area contributed by atoms with Gasteiger partial charge in [-0.2, -0.15) is 0 Å². The number of ether oxygens (including phenoxy) is 1. The molecule has 28 heavy (non-hydrogen) atoms. The maximum absolute atomic E-state index is 6.08. The van der Waals surface area contributed by atoms with Crippen molar-refractivity contribution in [2.75, 3.05) is 19.7 Å². The van der Waals surface area contributed by atoms with Crippen molar-refractivity contribution in [3.05, 3.63) is 17.0 Å². The van der Waals surface area contributed by atoms with Crippen molar-refractivity contribution in [1.29, 1.82) is 0 Å². The fourth-order valence-electron chi connectivity index (χ4n) is 4.89. The third kappa shape index (κ3) is 5.01. The molecule has 2 atom stereocenters. The fourth-order valence-corrected chi connectivity index (χ4v) is 4.89.